The number of imide groups is 1. The molecule has 4 rings (SSSR count). The van der Waals surface area contributed by atoms with Crippen LogP contribution in [0.1, 0.15) is 25.5 Å². The molecular formula is C18H18N2O5. The number of amides is 3. The monoisotopic (exact) mass is 342 g/mol. The van der Waals surface area contributed by atoms with Gasteiger partial charge in [-0.25, -0.2) is 4.79 Å². The minimum atomic E-state index is -0.893. The Labute approximate surface area is 143 Å². The van der Waals surface area contributed by atoms with Crippen LogP contribution in [0.5, 0.6) is 0 Å². The highest BCUT2D eigenvalue weighted by Crippen LogP contribution is 2.42. The van der Waals surface area contributed by atoms with E-state index in [9.17, 15) is 14.4 Å². The summed E-state index contributed by atoms with van der Waals surface area (Å²) in [6, 6.07) is 8.72. The standard InChI is InChI=1S/C18H18N2O5/c1-18(12-6-7-12)16(22)20(17(23)19-18)9-15(21)24-10-13-8-11-4-2-3-5-14(11)25-13/h2-5,8,12H,6-7,9-10H2,1H3,(H,19,23). The predicted octanol–water partition coefficient (Wildman–Crippen LogP) is 2.20. The van der Waals surface area contributed by atoms with Crippen molar-refractivity contribution in [1.82, 2.24) is 10.2 Å². The number of esters is 1. The minimum absolute atomic E-state index is 0.0446. The molecule has 2 heterocycles. The molecule has 1 N–H and O–H groups in total. The molecule has 1 saturated heterocycles. The number of rotatable bonds is 5. The van der Waals surface area contributed by atoms with Crippen molar-refractivity contribution in [1.29, 1.82) is 0 Å². The molecule has 0 spiro atoms. The molecule has 0 bridgehead atoms. The van der Waals surface area contributed by atoms with Crippen LogP contribution in [0.25, 0.3) is 11.0 Å². The lowest BCUT2D eigenvalue weighted by Gasteiger charge is -2.20. The Morgan fingerprint density at radius 2 is 2.12 bits per heavy atom. The Morgan fingerprint density at radius 1 is 1.36 bits per heavy atom. The number of furan rings is 1. The lowest BCUT2D eigenvalue weighted by molar-refractivity contribution is -0.149. The van der Waals surface area contributed by atoms with E-state index in [1.54, 1.807) is 13.0 Å². The number of nitrogens with zero attached hydrogens (tertiary/aromatic N) is 1. The van der Waals surface area contributed by atoms with Crippen molar-refractivity contribution >= 4 is 28.9 Å². The zero-order chi connectivity index (χ0) is 17.6. The van der Waals surface area contributed by atoms with Crippen LogP contribution in [-0.2, 0) is 20.9 Å². The van der Waals surface area contributed by atoms with Gasteiger partial charge in [-0.3, -0.25) is 14.5 Å². The lowest BCUT2D eigenvalue weighted by atomic mass is 9.96. The fraction of sp³-hybridized carbons (Fsp3) is 0.389. The molecule has 1 aliphatic heterocycles. The third-order valence-corrected chi connectivity index (χ3v) is 4.83. The number of benzene rings is 1. The van der Waals surface area contributed by atoms with Crippen LogP contribution < -0.4 is 5.32 Å². The van der Waals surface area contributed by atoms with E-state index in [1.165, 1.54) is 0 Å². The van der Waals surface area contributed by atoms with E-state index in [0.29, 0.717) is 11.3 Å². The first kappa shape index (κ1) is 15.7. The Morgan fingerprint density at radius 3 is 2.84 bits per heavy atom. The molecule has 1 unspecified atom stereocenters. The van der Waals surface area contributed by atoms with E-state index in [1.807, 2.05) is 24.3 Å². The van der Waals surface area contributed by atoms with Gasteiger partial charge in [-0.2, -0.15) is 0 Å². The van der Waals surface area contributed by atoms with Crippen LogP contribution in [0, 0.1) is 5.92 Å². The van der Waals surface area contributed by atoms with Crippen molar-refractivity contribution in [3.63, 3.8) is 0 Å². The van der Waals surface area contributed by atoms with Crippen molar-refractivity contribution < 1.29 is 23.5 Å². The number of carbonyl (C=O) groups excluding carboxylic acids is 3. The molecule has 1 atom stereocenters. The molecule has 1 aliphatic carbocycles. The molecule has 2 aliphatic rings. The Balaban J connectivity index is 1.37. The maximum Gasteiger partial charge on any atom is 0.326 e. The third-order valence-electron chi connectivity index (χ3n) is 4.83. The van der Waals surface area contributed by atoms with Gasteiger partial charge < -0.3 is 14.5 Å². The molecule has 25 heavy (non-hydrogen) atoms. The van der Waals surface area contributed by atoms with Gasteiger partial charge in [0.25, 0.3) is 5.91 Å². The van der Waals surface area contributed by atoms with Gasteiger partial charge >= 0.3 is 12.0 Å². The number of urea groups is 1. The summed E-state index contributed by atoms with van der Waals surface area (Å²) >= 11 is 0. The van der Waals surface area contributed by atoms with Crippen molar-refractivity contribution in [2.75, 3.05) is 6.54 Å². The summed E-state index contributed by atoms with van der Waals surface area (Å²) in [7, 11) is 0. The number of nitrogens with one attached hydrogen (secondary N) is 1. The van der Waals surface area contributed by atoms with Crippen LogP contribution in [0.4, 0.5) is 4.79 Å². The Kier molecular flexibility index (Phi) is 3.52. The lowest BCUT2D eigenvalue weighted by Crippen LogP contribution is -2.46. The van der Waals surface area contributed by atoms with E-state index in [0.717, 1.165) is 23.1 Å². The fourth-order valence-corrected chi connectivity index (χ4v) is 3.23. The minimum Gasteiger partial charge on any atom is -0.457 e. The number of carbonyl (C=O) groups is 3. The topological polar surface area (TPSA) is 88.8 Å². The first-order chi connectivity index (χ1) is 12.0. The summed E-state index contributed by atoms with van der Waals surface area (Å²) in [6.07, 6.45) is 1.82. The van der Waals surface area contributed by atoms with Crippen molar-refractivity contribution in [3.8, 4) is 0 Å². The molecular weight excluding hydrogens is 324 g/mol. The Hall–Kier alpha value is -2.83. The first-order valence-electron chi connectivity index (χ1n) is 8.24. The SMILES string of the molecule is CC1(C2CC2)NC(=O)N(CC(=O)OCc2cc3ccccc3o2)C1=O. The number of para-hydroxylation sites is 1. The Bertz CT molecular complexity index is 836. The average molecular weight is 342 g/mol. The van der Waals surface area contributed by atoms with Gasteiger partial charge in [0.1, 0.15) is 30.0 Å². The van der Waals surface area contributed by atoms with Gasteiger partial charge in [0.15, 0.2) is 0 Å². The van der Waals surface area contributed by atoms with Gasteiger partial charge in [0.05, 0.1) is 0 Å². The highest BCUT2D eigenvalue weighted by molar-refractivity contribution is 6.08. The number of hydrogen-bond acceptors (Lipinski definition) is 5. The van der Waals surface area contributed by atoms with Crippen LogP contribution in [0.3, 0.4) is 0 Å². The van der Waals surface area contributed by atoms with E-state index < -0.39 is 24.1 Å². The average Bonchev–Trinajstić information content (AvgIpc) is 3.33. The summed E-state index contributed by atoms with van der Waals surface area (Å²) in [5.74, 6) is -0.347. The second-order valence-corrected chi connectivity index (χ2v) is 6.71. The van der Waals surface area contributed by atoms with Crippen LogP contribution >= 0.6 is 0 Å². The quantitative estimate of drug-likeness (QED) is 0.665. The molecule has 0 radical (unpaired) electrons. The van der Waals surface area contributed by atoms with Gasteiger partial charge in [-0.15, -0.1) is 0 Å². The van der Waals surface area contributed by atoms with Crippen LogP contribution in [0.2, 0.25) is 0 Å². The summed E-state index contributed by atoms with van der Waals surface area (Å²) in [6.45, 7) is 1.27. The van der Waals surface area contributed by atoms with Crippen molar-refractivity contribution in [2.45, 2.75) is 31.9 Å². The molecule has 130 valence electrons. The zero-order valence-electron chi connectivity index (χ0n) is 13.8. The van der Waals surface area contributed by atoms with Crippen LogP contribution in [-0.4, -0.2) is 34.9 Å². The van der Waals surface area contributed by atoms with E-state index in [2.05, 4.69) is 5.32 Å². The normalized spacial score (nSPS) is 23.2. The molecule has 2 aromatic rings. The van der Waals surface area contributed by atoms with Crippen LogP contribution in [0.15, 0.2) is 34.7 Å². The predicted molar refractivity (Wildman–Crippen MR) is 87.4 cm³/mol. The summed E-state index contributed by atoms with van der Waals surface area (Å²) < 4.78 is 10.7. The molecule has 1 saturated carbocycles. The highest BCUT2D eigenvalue weighted by atomic mass is 16.5. The highest BCUT2D eigenvalue weighted by Gasteiger charge is 2.56. The van der Waals surface area contributed by atoms with Gasteiger partial charge in [-0.05, 0) is 37.8 Å². The summed E-state index contributed by atoms with van der Waals surface area (Å²) in [5, 5.41) is 3.62. The number of hydrogen-bond donors (Lipinski definition) is 1. The first-order valence-corrected chi connectivity index (χ1v) is 8.24. The zero-order valence-corrected chi connectivity index (χ0v) is 13.8. The third kappa shape index (κ3) is 2.75. The summed E-state index contributed by atoms with van der Waals surface area (Å²) in [4.78, 5) is 37.5. The van der Waals surface area contributed by atoms with E-state index >= 15 is 0 Å². The van der Waals surface area contributed by atoms with Gasteiger partial charge in [-0.1, -0.05) is 18.2 Å². The van der Waals surface area contributed by atoms with Gasteiger partial charge in [0, 0.05) is 5.39 Å². The maximum atomic E-state index is 12.5. The fourth-order valence-electron chi connectivity index (χ4n) is 3.23. The summed E-state index contributed by atoms with van der Waals surface area (Å²) in [5.41, 5.74) is -0.182. The maximum absolute atomic E-state index is 12.5. The molecule has 2 fully saturated rings. The number of fused-ring (bicyclic) bond motifs is 1. The van der Waals surface area contributed by atoms with E-state index in [-0.39, 0.29) is 18.4 Å². The second-order valence-electron chi connectivity index (χ2n) is 6.71. The van der Waals surface area contributed by atoms with E-state index in [4.69, 9.17) is 9.15 Å². The number of ether oxygens (including phenoxy) is 1. The van der Waals surface area contributed by atoms with Gasteiger partial charge in [0.2, 0.25) is 0 Å². The smallest absolute Gasteiger partial charge is 0.326 e. The second kappa shape index (κ2) is 5.61. The van der Waals surface area contributed by atoms with Crippen molar-refractivity contribution in [3.05, 3.63) is 36.1 Å². The molecule has 7 nitrogen and oxygen atoms in total. The molecule has 1 aromatic carbocycles. The van der Waals surface area contributed by atoms with Crippen molar-refractivity contribution in [2.24, 2.45) is 5.92 Å². The largest absolute Gasteiger partial charge is 0.457 e. The molecule has 7 heteroatoms. The molecule has 1 aromatic heterocycles. The molecule has 3 amide bonds.